The predicted molar refractivity (Wildman–Crippen MR) is 98.4 cm³/mol. The van der Waals surface area contributed by atoms with Gasteiger partial charge < -0.3 is 10.6 Å². The zero-order valence-corrected chi connectivity index (χ0v) is 14.4. The fraction of sp³-hybridized carbons (Fsp3) is 0.263. The van der Waals surface area contributed by atoms with E-state index in [0.717, 1.165) is 22.7 Å². The summed E-state index contributed by atoms with van der Waals surface area (Å²) in [7, 11) is 0. The van der Waals surface area contributed by atoms with Crippen molar-refractivity contribution in [3.63, 3.8) is 0 Å². The minimum Gasteiger partial charge on any atom is -0.326 e. The van der Waals surface area contributed by atoms with Crippen molar-refractivity contribution in [1.29, 1.82) is 0 Å². The van der Waals surface area contributed by atoms with Crippen LogP contribution < -0.4 is 10.6 Å². The van der Waals surface area contributed by atoms with Gasteiger partial charge in [-0.15, -0.1) is 11.8 Å². The topological polar surface area (TPSA) is 58.2 Å². The normalized spacial score (nSPS) is 16.7. The van der Waals surface area contributed by atoms with Crippen molar-refractivity contribution >= 4 is 35.0 Å². The molecule has 0 unspecified atom stereocenters. The van der Waals surface area contributed by atoms with Crippen molar-refractivity contribution in [2.24, 2.45) is 5.92 Å². The summed E-state index contributed by atoms with van der Waals surface area (Å²) < 4.78 is 0. The fourth-order valence-electron chi connectivity index (χ4n) is 2.65. The minimum absolute atomic E-state index is 0.0927. The molecule has 0 radical (unpaired) electrons. The minimum atomic E-state index is -0.336. The molecule has 1 aliphatic heterocycles. The van der Waals surface area contributed by atoms with E-state index in [1.807, 2.05) is 48.5 Å². The average molecular weight is 340 g/mol. The highest BCUT2D eigenvalue weighted by Crippen LogP contribution is 2.33. The quantitative estimate of drug-likeness (QED) is 0.886. The number of para-hydroxylation sites is 1. The SMILES string of the molecule is CCc1cccc(NC(=O)C[C@H]2CSc3ccccc3NC2=O)c1. The molecule has 0 saturated carbocycles. The van der Waals surface area contributed by atoms with Crippen LogP contribution in [0.15, 0.2) is 53.4 Å². The van der Waals surface area contributed by atoms with Crippen LogP contribution in [0.3, 0.4) is 0 Å². The number of hydrogen-bond donors (Lipinski definition) is 2. The van der Waals surface area contributed by atoms with Gasteiger partial charge in [0.2, 0.25) is 11.8 Å². The Labute approximate surface area is 146 Å². The first kappa shape index (κ1) is 16.6. The Morgan fingerprint density at radius 1 is 1.25 bits per heavy atom. The van der Waals surface area contributed by atoms with Gasteiger partial charge in [0.05, 0.1) is 11.6 Å². The first-order valence-electron chi connectivity index (χ1n) is 8.07. The van der Waals surface area contributed by atoms with Gasteiger partial charge in [-0.2, -0.15) is 0 Å². The molecule has 0 saturated heterocycles. The van der Waals surface area contributed by atoms with Gasteiger partial charge in [-0.3, -0.25) is 9.59 Å². The molecule has 1 aliphatic rings. The van der Waals surface area contributed by atoms with Gasteiger partial charge in [0, 0.05) is 22.8 Å². The lowest BCUT2D eigenvalue weighted by atomic mass is 10.1. The molecular weight excluding hydrogens is 320 g/mol. The zero-order valence-electron chi connectivity index (χ0n) is 13.5. The number of carbonyl (C=O) groups excluding carboxylic acids is 2. The first-order valence-corrected chi connectivity index (χ1v) is 9.05. The number of aryl methyl sites for hydroxylation is 1. The summed E-state index contributed by atoms with van der Waals surface area (Å²) in [4.78, 5) is 25.7. The summed E-state index contributed by atoms with van der Waals surface area (Å²) >= 11 is 1.61. The molecule has 2 amide bonds. The molecular formula is C19H20N2O2S. The molecule has 1 atom stereocenters. The van der Waals surface area contributed by atoms with Gasteiger partial charge >= 0.3 is 0 Å². The van der Waals surface area contributed by atoms with E-state index in [-0.39, 0.29) is 24.2 Å². The van der Waals surface area contributed by atoms with Crippen LogP contribution in [0.4, 0.5) is 11.4 Å². The number of thioether (sulfide) groups is 1. The maximum atomic E-state index is 12.4. The third-order valence-electron chi connectivity index (χ3n) is 4.01. The Bertz CT molecular complexity index is 761. The summed E-state index contributed by atoms with van der Waals surface area (Å²) in [5.74, 6) is 0.0438. The van der Waals surface area contributed by atoms with Crippen molar-refractivity contribution < 1.29 is 9.59 Å². The number of fused-ring (bicyclic) bond motifs is 1. The van der Waals surface area contributed by atoms with E-state index >= 15 is 0 Å². The monoisotopic (exact) mass is 340 g/mol. The highest BCUT2D eigenvalue weighted by molar-refractivity contribution is 7.99. The maximum Gasteiger partial charge on any atom is 0.228 e. The number of benzene rings is 2. The molecule has 0 spiro atoms. The van der Waals surface area contributed by atoms with Gasteiger partial charge in [0.15, 0.2) is 0 Å². The molecule has 0 aliphatic carbocycles. The second-order valence-electron chi connectivity index (χ2n) is 5.80. The van der Waals surface area contributed by atoms with Crippen LogP contribution in [-0.2, 0) is 16.0 Å². The van der Waals surface area contributed by atoms with Crippen LogP contribution >= 0.6 is 11.8 Å². The van der Waals surface area contributed by atoms with Crippen LogP contribution in [-0.4, -0.2) is 17.6 Å². The van der Waals surface area contributed by atoms with E-state index in [0.29, 0.717) is 5.75 Å². The summed E-state index contributed by atoms with van der Waals surface area (Å²) in [5.41, 5.74) is 2.78. The summed E-state index contributed by atoms with van der Waals surface area (Å²) in [6.45, 7) is 2.08. The fourth-order valence-corrected chi connectivity index (χ4v) is 3.75. The third-order valence-corrected chi connectivity index (χ3v) is 5.24. The highest BCUT2D eigenvalue weighted by Gasteiger charge is 2.26. The van der Waals surface area contributed by atoms with Crippen LogP contribution in [0.2, 0.25) is 0 Å². The molecule has 0 fully saturated rings. The molecule has 3 rings (SSSR count). The molecule has 2 N–H and O–H groups in total. The summed E-state index contributed by atoms with van der Waals surface area (Å²) in [6, 6.07) is 15.5. The first-order chi connectivity index (χ1) is 11.7. The Balaban J connectivity index is 1.63. The largest absolute Gasteiger partial charge is 0.326 e. The maximum absolute atomic E-state index is 12.4. The molecule has 0 bridgehead atoms. The second kappa shape index (κ2) is 7.53. The van der Waals surface area contributed by atoms with E-state index in [2.05, 4.69) is 17.6 Å². The van der Waals surface area contributed by atoms with Crippen LogP contribution in [0.5, 0.6) is 0 Å². The van der Waals surface area contributed by atoms with Crippen LogP contribution in [0, 0.1) is 5.92 Å². The molecule has 0 aromatic heterocycles. The Kier molecular flexibility index (Phi) is 5.20. The van der Waals surface area contributed by atoms with E-state index in [1.54, 1.807) is 11.8 Å². The Hall–Kier alpha value is -2.27. The van der Waals surface area contributed by atoms with Crippen molar-refractivity contribution in [3.05, 3.63) is 54.1 Å². The van der Waals surface area contributed by atoms with E-state index < -0.39 is 0 Å². The lowest BCUT2D eigenvalue weighted by molar-refractivity contribution is -0.124. The van der Waals surface area contributed by atoms with Gasteiger partial charge in [-0.25, -0.2) is 0 Å². The van der Waals surface area contributed by atoms with E-state index in [1.165, 1.54) is 5.56 Å². The third kappa shape index (κ3) is 3.97. The second-order valence-corrected chi connectivity index (χ2v) is 6.86. The van der Waals surface area contributed by atoms with Crippen LogP contribution in [0.25, 0.3) is 0 Å². The van der Waals surface area contributed by atoms with E-state index in [4.69, 9.17) is 0 Å². The molecule has 4 nitrogen and oxygen atoms in total. The molecule has 2 aromatic rings. The number of rotatable bonds is 4. The van der Waals surface area contributed by atoms with Gasteiger partial charge in [0.1, 0.15) is 0 Å². The number of carbonyl (C=O) groups is 2. The Morgan fingerprint density at radius 3 is 2.92 bits per heavy atom. The van der Waals surface area contributed by atoms with Gasteiger partial charge in [-0.05, 0) is 36.2 Å². The lowest BCUT2D eigenvalue weighted by Gasteiger charge is -2.13. The van der Waals surface area contributed by atoms with Crippen molar-refractivity contribution in [1.82, 2.24) is 0 Å². The van der Waals surface area contributed by atoms with E-state index in [9.17, 15) is 9.59 Å². The molecule has 24 heavy (non-hydrogen) atoms. The number of amides is 2. The van der Waals surface area contributed by atoms with Crippen molar-refractivity contribution in [2.45, 2.75) is 24.7 Å². The Morgan fingerprint density at radius 2 is 2.08 bits per heavy atom. The average Bonchev–Trinajstić information content (AvgIpc) is 2.74. The summed E-state index contributed by atoms with van der Waals surface area (Å²) in [6.07, 6.45) is 1.10. The number of hydrogen-bond acceptors (Lipinski definition) is 3. The van der Waals surface area contributed by atoms with Gasteiger partial charge in [0.25, 0.3) is 0 Å². The zero-order chi connectivity index (χ0) is 16.9. The molecule has 2 aromatic carbocycles. The molecule has 1 heterocycles. The predicted octanol–water partition coefficient (Wildman–Crippen LogP) is 3.94. The van der Waals surface area contributed by atoms with Crippen LogP contribution in [0.1, 0.15) is 18.9 Å². The standard InChI is InChI=1S/C19H20N2O2S/c1-2-13-6-5-7-15(10-13)20-18(22)11-14-12-24-17-9-4-3-8-16(17)21-19(14)23/h3-10,14H,2,11-12H2,1H3,(H,20,22)(H,21,23)/t14-/m0/s1. The lowest BCUT2D eigenvalue weighted by Crippen LogP contribution is -2.28. The van der Waals surface area contributed by atoms with Crippen molar-refractivity contribution in [3.8, 4) is 0 Å². The summed E-state index contributed by atoms with van der Waals surface area (Å²) in [5, 5.41) is 5.82. The number of nitrogens with one attached hydrogen (secondary N) is 2. The molecule has 124 valence electrons. The van der Waals surface area contributed by atoms with Crippen molar-refractivity contribution in [2.75, 3.05) is 16.4 Å². The highest BCUT2D eigenvalue weighted by atomic mass is 32.2. The van der Waals surface area contributed by atoms with Gasteiger partial charge in [-0.1, -0.05) is 31.2 Å². The molecule has 5 heteroatoms. The smallest absolute Gasteiger partial charge is 0.228 e. The number of anilines is 2.